The molecule has 2 rings (SSSR count). The zero-order valence-corrected chi connectivity index (χ0v) is 17.7. The minimum atomic E-state index is -0.205. The van der Waals surface area contributed by atoms with Gasteiger partial charge in [-0.3, -0.25) is 4.99 Å². The van der Waals surface area contributed by atoms with Crippen LogP contribution in [0.2, 0.25) is 0 Å². The Morgan fingerprint density at radius 3 is 2.56 bits per heavy atom. The van der Waals surface area contributed by atoms with E-state index in [9.17, 15) is 4.79 Å². The average Bonchev–Trinajstić information content (AvgIpc) is 2.65. The van der Waals surface area contributed by atoms with Crippen LogP contribution >= 0.6 is 0 Å². The first-order valence-electron chi connectivity index (χ1n) is 10.4. The molecule has 2 N–H and O–H groups in total. The zero-order chi connectivity index (χ0) is 19.9. The monoisotopic (exact) mass is 382 g/mol. The minimum absolute atomic E-state index is 0.143. The Bertz CT molecular complexity index is 496. The van der Waals surface area contributed by atoms with Crippen molar-refractivity contribution in [3.63, 3.8) is 0 Å². The van der Waals surface area contributed by atoms with Crippen molar-refractivity contribution in [3.8, 4) is 0 Å². The molecule has 7 heteroatoms. The molecule has 0 aliphatic carbocycles. The molecule has 0 bridgehead atoms. The van der Waals surface area contributed by atoms with E-state index in [1.165, 1.54) is 6.42 Å². The SMILES string of the molecule is CCOC(=O)N1CCC(NC(=NC)NCC2CCCOC2C(C)(C)C)CC1. The van der Waals surface area contributed by atoms with Crippen molar-refractivity contribution < 1.29 is 14.3 Å². The van der Waals surface area contributed by atoms with Crippen molar-refractivity contribution in [3.05, 3.63) is 0 Å². The van der Waals surface area contributed by atoms with Crippen LogP contribution in [0.1, 0.15) is 53.4 Å². The van der Waals surface area contributed by atoms with Gasteiger partial charge in [-0.05, 0) is 38.0 Å². The molecule has 2 fully saturated rings. The first-order valence-corrected chi connectivity index (χ1v) is 10.4. The van der Waals surface area contributed by atoms with Gasteiger partial charge in [0, 0.05) is 45.2 Å². The van der Waals surface area contributed by atoms with Gasteiger partial charge in [-0.25, -0.2) is 4.79 Å². The van der Waals surface area contributed by atoms with Gasteiger partial charge in [-0.1, -0.05) is 20.8 Å². The first-order chi connectivity index (χ1) is 12.8. The highest BCUT2D eigenvalue weighted by atomic mass is 16.6. The van der Waals surface area contributed by atoms with E-state index in [4.69, 9.17) is 9.47 Å². The fourth-order valence-electron chi connectivity index (χ4n) is 4.05. The lowest BCUT2D eigenvalue weighted by Crippen LogP contribution is -2.52. The van der Waals surface area contributed by atoms with E-state index in [-0.39, 0.29) is 17.6 Å². The molecule has 2 aliphatic rings. The zero-order valence-electron chi connectivity index (χ0n) is 17.7. The number of nitrogens with zero attached hydrogens (tertiary/aromatic N) is 2. The van der Waals surface area contributed by atoms with Crippen molar-refractivity contribution >= 4 is 12.1 Å². The van der Waals surface area contributed by atoms with Gasteiger partial charge in [-0.2, -0.15) is 0 Å². The van der Waals surface area contributed by atoms with Crippen LogP contribution in [0.3, 0.4) is 0 Å². The molecule has 27 heavy (non-hydrogen) atoms. The van der Waals surface area contributed by atoms with E-state index in [0.29, 0.717) is 18.6 Å². The topological polar surface area (TPSA) is 75.2 Å². The van der Waals surface area contributed by atoms with Crippen LogP contribution in [0.25, 0.3) is 0 Å². The Kier molecular flexibility index (Phi) is 8.20. The number of guanidine groups is 1. The van der Waals surface area contributed by atoms with E-state index >= 15 is 0 Å². The van der Waals surface area contributed by atoms with Gasteiger partial charge in [0.2, 0.25) is 0 Å². The molecule has 1 amide bonds. The van der Waals surface area contributed by atoms with E-state index in [2.05, 4.69) is 36.4 Å². The third-order valence-electron chi connectivity index (χ3n) is 5.42. The van der Waals surface area contributed by atoms with Crippen molar-refractivity contribution in [1.29, 1.82) is 0 Å². The molecule has 2 saturated heterocycles. The second-order valence-corrected chi connectivity index (χ2v) is 8.62. The fourth-order valence-corrected chi connectivity index (χ4v) is 4.05. The van der Waals surface area contributed by atoms with Crippen LogP contribution in [-0.4, -0.2) is 69.0 Å². The average molecular weight is 383 g/mol. The highest BCUT2D eigenvalue weighted by molar-refractivity contribution is 5.80. The quantitative estimate of drug-likeness (QED) is 0.577. The molecular formula is C20H38N4O3. The smallest absolute Gasteiger partial charge is 0.409 e. The van der Waals surface area contributed by atoms with Gasteiger partial charge in [0.05, 0.1) is 12.7 Å². The molecule has 2 aliphatic heterocycles. The molecular weight excluding hydrogens is 344 g/mol. The molecule has 0 radical (unpaired) electrons. The number of nitrogens with one attached hydrogen (secondary N) is 2. The standard InChI is InChI=1S/C20H38N4O3/c1-6-26-19(25)24-11-9-16(10-12-24)23-18(21-5)22-14-15-8-7-13-27-17(15)20(2,3)4/h15-17H,6-14H2,1-5H3,(H2,21,22,23). The van der Waals surface area contributed by atoms with Crippen LogP contribution in [0, 0.1) is 11.3 Å². The number of piperidine rings is 1. The normalized spacial score (nSPS) is 25.2. The molecule has 7 nitrogen and oxygen atoms in total. The van der Waals surface area contributed by atoms with Crippen molar-refractivity contribution in [2.24, 2.45) is 16.3 Å². The lowest BCUT2D eigenvalue weighted by atomic mass is 9.78. The number of amides is 1. The van der Waals surface area contributed by atoms with Crippen LogP contribution in [-0.2, 0) is 9.47 Å². The minimum Gasteiger partial charge on any atom is -0.450 e. The summed E-state index contributed by atoms with van der Waals surface area (Å²) in [4.78, 5) is 18.0. The van der Waals surface area contributed by atoms with E-state index in [1.54, 1.807) is 4.90 Å². The molecule has 0 aromatic carbocycles. The summed E-state index contributed by atoms with van der Waals surface area (Å²) in [6, 6.07) is 0.322. The number of aliphatic imine (C=N–C) groups is 1. The Morgan fingerprint density at radius 1 is 1.26 bits per heavy atom. The number of ether oxygens (including phenoxy) is 2. The van der Waals surface area contributed by atoms with Gasteiger partial charge in [0.15, 0.2) is 5.96 Å². The molecule has 0 aromatic heterocycles. The van der Waals surface area contributed by atoms with E-state index in [0.717, 1.165) is 51.5 Å². The maximum atomic E-state index is 11.8. The summed E-state index contributed by atoms with van der Waals surface area (Å²) in [5.74, 6) is 1.32. The second-order valence-electron chi connectivity index (χ2n) is 8.62. The number of rotatable bonds is 4. The highest BCUT2D eigenvalue weighted by Crippen LogP contribution is 2.33. The van der Waals surface area contributed by atoms with Gasteiger partial charge in [0.25, 0.3) is 0 Å². The fraction of sp³-hybridized carbons (Fsp3) is 0.900. The van der Waals surface area contributed by atoms with E-state index < -0.39 is 0 Å². The maximum Gasteiger partial charge on any atom is 0.409 e. The van der Waals surface area contributed by atoms with Gasteiger partial charge in [-0.15, -0.1) is 0 Å². The Hall–Kier alpha value is -1.50. The second kappa shape index (κ2) is 10.2. The summed E-state index contributed by atoms with van der Waals surface area (Å²) >= 11 is 0. The largest absolute Gasteiger partial charge is 0.450 e. The summed E-state index contributed by atoms with van der Waals surface area (Å²) in [6.45, 7) is 12.2. The number of carbonyl (C=O) groups excluding carboxylic acids is 1. The van der Waals surface area contributed by atoms with E-state index in [1.807, 2.05) is 14.0 Å². The van der Waals surface area contributed by atoms with Crippen LogP contribution < -0.4 is 10.6 Å². The highest BCUT2D eigenvalue weighted by Gasteiger charge is 2.35. The summed E-state index contributed by atoms with van der Waals surface area (Å²) in [5.41, 5.74) is 0.143. The molecule has 2 heterocycles. The first kappa shape index (κ1) is 21.8. The van der Waals surface area contributed by atoms with Gasteiger partial charge in [0.1, 0.15) is 0 Å². The summed E-state index contributed by atoms with van der Waals surface area (Å²) in [5, 5.41) is 7.01. The van der Waals surface area contributed by atoms with Crippen molar-refractivity contribution in [2.45, 2.75) is 65.5 Å². The number of hydrogen-bond donors (Lipinski definition) is 2. The lowest BCUT2D eigenvalue weighted by molar-refractivity contribution is -0.0835. The van der Waals surface area contributed by atoms with Gasteiger partial charge >= 0.3 is 6.09 Å². The maximum absolute atomic E-state index is 11.8. The third kappa shape index (κ3) is 6.55. The van der Waals surface area contributed by atoms with Gasteiger partial charge < -0.3 is 25.0 Å². The molecule has 2 atom stereocenters. The van der Waals surface area contributed by atoms with Crippen LogP contribution in [0.5, 0.6) is 0 Å². The molecule has 156 valence electrons. The van der Waals surface area contributed by atoms with Crippen molar-refractivity contribution in [1.82, 2.24) is 15.5 Å². The Morgan fingerprint density at radius 2 is 1.96 bits per heavy atom. The number of likely N-dealkylation sites (tertiary alicyclic amines) is 1. The predicted molar refractivity (Wildman–Crippen MR) is 108 cm³/mol. The summed E-state index contributed by atoms with van der Waals surface area (Å²) in [7, 11) is 1.81. The summed E-state index contributed by atoms with van der Waals surface area (Å²) < 4.78 is 11.2. The Labute approximate surface area is 164 Å². The van der Waals surface area contributed by atoms with Crippen molar-refractivity contribution in [2.75, 3.05) is 39.9 Å². The summed E-state index contributed by atoms with van der Waals surface area (Å²) in [6.07, 6.45) is 4.17. The predicted octanol–water partition coefficient (Wildman–Crippen LogP) is 2.61. The molecule has 0 saturated carbocycles. The number of hydrogen-bond acceptors (Lipinski definition) is 4. The molecule has 2 unspecified atom stereocenters. The Balaban J connectivity index is 1.78. The van der Waals surface area contributed by atoms with Crippen LogP contribution in [0.15, 0.2) is 4.99 Å². The van der Waals surface area contributed by atoms with Crippen LogP contribution in [0.4, 0.5) is 4.79 Å². The third-order valence-corrected chi connectivity index (χ3v) is 5.42. The lowest BCUT2D eigenvalue weighted by Gasteiger charge is -2.40. The molecule has 0 aromatic rings. The number of carbonyl (C=O) groups is 1. The molecule has 0 spiro atoms.